The predicted octanol–water partition coefficient (Wildman–Crippen LogP) is 3.46. The molecular weight excluding hydrogens is 366 g/mol. The van der Waals surface area contributed by atoms with Crippen molar-refractivity contribution in [3.8, 4) is 0 Å². The zero-order valence-corrected chi connectivity index (χ0v) is 16.6. The summed E-state index contributed by atoms with van der Waals surface area (Å²) in [4.78, 5) is 22.1. The van der Waals surface area contributed by atoms with Crippen molar-refractivity contribution in [1.82, 2.24) is 14.9 Å². The number of hydrogen-bond donors (Lipinski definition) is 1. The number of ether oxygens (including phenoxy) is 2. The molecule has 5 rings (SSSR count). The van der Waals surface area contributed by atoms with E-state index in [1.165, 1.54) is 5.56 Å². The van der Waals surface area contributed by atoms with Gasteiger partial charge in [0.05, 0.1) is 25.8 Å². The normalized spacial score (nSPS) is 20.7. The van der Waals surface area contributed by atoms with Crippen LogP contribution >= 0.6 is 0 Å². The number of amides is 1. The SMILES string of the molecule is Cc1ccncc1CO[C@H]1CCOC2(C1)CN(C(=O)c1cc3ccccc3[nH]1)C2. The van der Waals surface area contributed by atoms with E-state index in [9.17, 15) is 4.79 Å². The van der Waals surface area contributed by atoms with Crippen LogP contribution in [0, 0.1) is 6.92 Å². The van der Waals surface area contributed by atoms with Gasteiger partial charge in [-0.15, -0.1) is 0 Å². The maximum absolute atomic E-state index is 12.9. The molecule has 2 aliphatic heterocycles. The van der Waals surface area contributed by atoms with Crippen molar-refractivity contribution in [2.45, 2.75) is 38.1 Å². The number of aromatic amines is 1. The molecule has 1 aromatic carbocycles. The first-order chi connectivity index (χ1) is 14.1. The predicted molar refractivity (Wildman–Crippen MR) is 110 cm³/mol. The Morgan fingerprint density at radius 2 is 2.21 bits per heavy atom. The van der Waals surface area contributed by atoms with Crippen LogP contribution in [0.3, 0.4) is 0 Å². The highest BCUT2D eigenvalue weighted by Gasteiger charge is 2.49. The second-order valence-corrected chi connectivity index (χ2v) is 8.19. The number of benzene rings is 1. The topological polar surface area (TPSA) is 67.5 Å². The van der Waals surface area contributed by atoms with Gasteiger partial charge in [0, 0.05) is 36.3 Å². The van der Waals surface area contributed by atoms with Gasteiger partial charge < -0.3 is 19.4 Å². The minimum absolute atomic E-state index is 0.0319. The molecule has 0 aliphatic carbocycles. The molecule has 29 heavy (non-hydrogen) atoms. The van der Waals surface area contributed by atoms with Gasteiger partial charge in [0.15, 0.2) is 0 Å². The molecule has 150 valence electrons. The monoisotopic (exact) mass is 391 g/mol. The van der Waals surface area contributed by atoms with Crippen molar-refractivity contribution >= 4 is 16.8 Å². The number of aromatic nitrogens is 2. The molecule has 1 N–H and O–H groups in total. The van der Waals surface area contributed by atoms with Crippen LogP contribution in [0.25, 0.3) is 10.9 Å². The van der Waals surface area contributed by atoms with Crippen LogP contribution in [0.1, 0.15) is 34.5 Å². The average molecular weight is 391 g/mol. The van der Waals surface area contributed by atoms with E-state index in [1.807, 2.05) is 47.5 Å². The summed E-state index contributed by atoms with van der Waals surface area (Å²) in [6, 6.07) is 11.9. The van der Waals surface area contributed by atoms with Crippen molar-refractivity contribution in [3.05, 3.63) is 65.6 Å². The number of nitrogens with zero attached hydrogens (tertiary/aromatic N) is 2. The minimum atomic E-state index is -0.269. The highest BCUT2D eigenvalue weighted by atomic mass is 16.5. The maximum atomic E-state index is 12.9. The van der Waals surface area contributed by atoms with Crippen molar-refractivity contribution in [1.29, 1.82) is 0 Å². The number of carbonyl (C=O) groups is 1. The fraction of sp³-hybridized carbons (Fsp3) is 0.391. The quantitative estimate of drug-likeness (QED) is 0.740. The smallest absolute Gasteiger partial charge is 0.270 e. The van der Waals surface area contributed by atoms with Crippen LogP contribution in [0.5, 0.6) is 0 Å². The number of pyridine rings is 1. The molecule has 2 saturated heterocycles. The molecule has 1 amide bonds. The largest absolute Gasteiger partial charge is 0.373 e. The Hall–Kier alpha value is -2.70. The first kappa shape index (κ1) is 18.3. The average Bonchev–Trinajstić information content (AvgIpc) is 3.15. The summed E-state index contributed by atoms with van der Waals surface area (Å²) in [5.41, 5.74) is 3.67. The molecule has 2 aromatic heterocycles. The van der Waals surface area contributed by atoms with Crippen LogP contribution in [-0.4, -0.2) is 52.2 Å². The van der Waals surface area contributed by atoms with E-state index in [0.29, 0.717) is 32.0 Å². The number of rotatable bonds is 4. The second kappa shape index (κ2) is 7.28. The molecular formula is C23H25N3O3. The Bertz CT molecular complexity index is 1010. The third-order valence-electron chi connectivity index (χ3n) is 6.08. The number of aryl methyl sites for hydroxylation is 1. The molecule has 3 aromatic rings. The Balaban J connectivity index is 1.19. The Morgan fingerprint density at radius 1 is 1.34 bits per heavy atom. The van der Waals surface area contributed by atoms with E-state index in [1.54, 1.807) is 6.20 Å². The fourth-order valence-electron chi connectivity index (χ4n) is 4.35. The number of para-hydroxylation sites is 1. The lowest BCUT2D eigenvalue weighted by Gasteiger charge is -2.52. The maximum Gasteiger partial charge on any atom is 0.270 e. The number of carbonyl (C=O) groups excluding carboxylic acids is 1. The summed E-state index contributed by atoms with van der Waals surface area (Å²) in [6.07, 6.45) is 5.53. The highest BCUT2D eigenvalue weighted by Crippen LogP contribution is 2.36. The number of hydrogen-bond acceptors (Lipinski definition) is 4. The summed E-state index contributed by atoms with van der Waals surface area (Å²) in [6.45, 7) is 4.55. The second-order valence-electron chi connectivity index (χ2n) is 8.19. The summed E-state index contributed by atoms with van der Waals surface area (Å²) >= 11 is 0. The molecule has 1 atom stereocenters. The van der Waals surface area contributed by atoms with Gasteiger partial charge in [-0.3, -0.25) is 9.78 Å². The van der Waals surface area contributed by atoms with Crippen LogP contribution in [0.4, 0.5) is 0 Å². The highest BCUT2D eigenvalue weighted by molar-refractivity contribution is 5.98. The van der Waals surface area contributed by atoms with E-state index in [0.717, 1.165) is 29.3 Å². The lowest BCUT2D eigenvalue weighted by molar-refractivity contribution is -0.188. The third-order valence-corrected chi connectivity index (χ3v) is 6.08. The zero-order valence-electron chi connectivity index (χ0n) is 16.6. The van der Waals surface area contributed by atoms with Crippen LogP contribution < -0.4 is 0 Å². The molecule has 0 bridgehead atoms. The fourth-order valence-corrected chi connectivity index (χ4v) is 4.35. The van der Waals surface area contributed by atoms with Gasteiger partial charge in [0.2, 0.25) is 0 Å². The third kappa shape index (κ3) is 3.54. The summed E-state index contributed by atoms with van der Waals surface area (Å²) < 4.78 is 12.3. The Labute approximate surface area is 169 Å². The minimum Gasteiger partial charge on any atom is -0.373 e. The number of likely N-dealkylation sites (tertiary alicyclic amines) is 1. The molecule has 2 fully saturated rings. The number of fused-ring (bicyclic) bond motifs is 1. The molecule has 4 heterocycles. The Kier molecular flexibility index (Phi) is 4.60. The molecule has 0 unspecified atom stereocenters. The van der Waals surface area contributed by atoms with Gasteiger partial charge in [-0.05, 0) is 42.7 Å². The van der Waals surface area contributed by atoms with E-state index in [-0.39, 0.29) is 17.6 Å². The van der Waals surface area contributed by atoms with Crippen molar-refractivity contribution in [2.75, 3.05) is 19.7 Å². The van der Waals surface area contributed by atoms with Gasteiger partial charge in [-0.25, -0.2) is 0 Å². The number of H-pyrrole nitrogens is 1. The molecule has 2 aliphatic rings. The van der Waals surface area contributed by atoms with E-state index in [2.05, 4.69) is 16.9 Å². The Morgan fingerprint density at radius 3 is 3.03 bits per heavy atom. The summed E-state index contributed by atoms with van der Waals surface area (Å²) in [5.74, 6) is 0.0319. The van der Waals surface area contributed by atoms with Crippen molar-refractivity contribution < 1.29 is 14.3 Å². The molecule has 0 radical (unpaired) electrons. The van der Waals surface area contributed by atoms with Gasteiger partial charge >= 0.3 is 0 Å². The van der Waals surface area contributed by atoms with E-state index < -0.39 is 0 Å². The molecule has 6 heteroatoms. The van der Waals surface area contributed by atoms with E-state index in [4.69, 9.17) is 9.47 Å². The van der Waals surface area contributed by atoms with Crippen LogP contribution in [0.2, 0.25) is 0 Å². The molecule has 0 saturated carbocycles. The standard InChI is InChI=1S/C23H25N3O3/c1-16-6-8-24-12-18(16)13-28-19-7-9-29-23(11-19)14-26(15-23)22(27)21-10-17-4-2-3-5-20(17)25-21/h2-6,8,10,12,19,25H,7,9,11,13-15H2,1H3/t19-/m0/s1. The summed E-state index contributed by atoms with van der Waals surface area (Å²) in [5, 5.41) is 1.05. The zero-order chi connectivity index (χ0) is 19.8. The molecule has 6 nitrogen and oxygen atoms in total. The number of nitrogens with one attached hydrogen (secondary N) is 1. The van der Waals surface area contributed by atoms with Gasteiger partial charge in [0.1, 0.15) is 11.3 Å². The van der Waals surface area contributed by atoms with Crippen molar-refractivity contribution in [3.63, 3.8) is 0 Å². The summed E-state index contributed by atoms with van der Waals surface area (Å²) in [7, 11) is 0. The van der Waals surface area contributed by atoms with Gasteiger partial charge in [-0.2, -0.15) is 0 Å². The first-order valence-electron chi connectivity index (χ1n) is 10.1. The van der Waals surface area contributed by atoms with E-state index >= 15 is 0 Å². The first-order valence-corrected chi connectivity index (χ1v) is 10.1. The van der Waals surface area contributed by atoms with Gasteiger partial charge in [-0.1, -0.05) is 18.2 Å². The van der Waals surface area contributed by atoms with Crippen LogP contribution in [0.15, 0.2) is 48.8 Å². The lowest BCUT2D eigenvalue weighted by Crippen LogP contribution is -2.67. The lowest BCUT2D eigenvalue weighted by atomic mass is 9.84. The van der Waals surface area contributed by atoms with Gasteiger partial charge in [0.25, 0.3) is 5.91 Å². The van der Waals surface area contributed by atoms with Crippen LogP contribution in [-0.2, 0) is 16.1 Å². The molecule has 1 spiro atoms. The van der Waals surface area contributed by atoms with Crippen molar-refractivity contribution in [2.24, 2.45) is 0 Å².